The molecule has 0 fully saturated rings. The van der Waals surface area contributed by atoms with E-state index in [0.29, 0.717) is 0 Å². The molecule has 3 aromatic rings. The summed E-state index contributed by atoms with van der Waals surface area (Å²) in [6.07, 6.45) is 4.13. The van der Waals surface area contributed by atoms with E-state index in [1.54, 1.807) is 0 Å². The minimum absolute atomic E-state index is 0.961. The van der Waals surface area contributed by atoms with Gasteiger partial charge in [0.15, 0.2) is 0 Å². The molecule has 1 radical (unpaired) electrons. The van der Waals surface area contributed by atoms with Gasteiger partial charge in [-0.05, 0) is 0 Å². The van der Waals surface area contributed by atoms with E-state index >= 15 is 0 Å². The summed E-state index contributed by atoms with van der Waals surface area (Å²) in [4.78, 5) is 4.78. The molecule has 23 heavy (non-hydrogen) atoms. The number of hydrogen-bond donors (Lipinski definition) is 0. The molecule has 0 N–H and O–H groups in total. The Bertz CT molecular complexity index is 791. The van der Waals surface area contributed by atoms with Gasteiger partial charge in [0.2, 0.25) is 0 Å². The first-order valence-electron chi connectivity index (χ1n) is 7.85. The zero-order valence-electron chi connectivity index (χ0n) is 13.9. The molecule has 2 heterocycles. The van der Waals surface area contributed by atoms with Crippen molar-refractivity contribution in [3.05, 3.63) is 54.1 Å². The Balaban J connectivity index is 2.06. The molecule has 2 aromatic heterocycles. The third-order valence-corrected chi connectivity index (χ3v) is 5.36. The number of aromatic nitrogens is 4. The zero-order valence-corrected chi connectivity index (χ0v) is 16.9. The Hall–Kier alpha value is -1.92. The first-order valence-corrected chi connectivity index (χ1v) is 9.18. The van der Waals surface area contributed by atoms with Gasteiger partial charge in [-0.3, -0.25) is 0 Å². The average molecular weight is 365 g/mol. The summed E-state index contributed by atoms with van der Waals surface area (Å²) in [5, 5.41) is 4.72. The van der Waals surface area contributed by atoms with Gasteiger partial charge < -0.3 is 0 Å². The number of aryl methyl sites for hydroxylation is 2. The summed E-state index contributed by atoms with van der Waals surface area (Å²) >= 11 is 0.969. The predicted octanol–water partition coefficient (Wildman–Crippen LogP) is 2.82. The topological polar surface area (TPSA) is 38.9 Å². The molecular formula is C17H21GaN5. The van der Waals surface area contributed by atoms with Crippen LogP contribution in [0, 0.1) is 6.92 Å². The summed E-state index contributed by atoms with van der Waals surface area (Å²) < 4.78 is 6.28. The molecule has 5 nitrogen and oxygen atoms in total. The van der Waals surface area contributed by atoms with E-state index in [4.69, 9.17) is 10.1 Å². The molecular weight excluding hydrogens is 344 g/mol. The van der Waals surface area contributed by atoms with Crippen LogP contribution in [0.15, 0.2) is 42.6 Å². The first kappa shape index (κ1) is 16.0. The number of hydrogen-bond acceptors (Lipinski definition) is 3. The molecule has 1 aromatic carbocycles. The molecule has 0 amide bonds. The van der Waals surface area contributed by atoms with Gasteiger partial charge in [-0.25, -0.2) is 0 Å². The number of benzene rings is 1. The van der Waals surface area contributed by atoms with Gasteiger partial charge in [0.1, 0.15) is 0 Å². The quantitative estimate of drug-likeness (QED) is 0.653. The summed E-state index contributed by atoms with van der Waals surface area (Å²) in [6.45, 7) is 4.20. The number of nitrogens with zero attached hydrogens (tertiary/aromatic N) is 5. The van der Waals surface area contributed by atoms with Crippen LogP contribution in [-0.2, 0) is 13.5 Å². The number of rotatable bonds is 5. The molecule has 0 atom stereocenters. The van der Waals surface area contributed by atoms with Crippen LogP contribution >= 0.6 is 0 Å². The van der Waals surface area contributed by atoms with Gasteiger partial charge >= 0.3 is 147 Å². The van der Waals surface area contributed by atoms with Gasteiger partial charge in [0.25, 0.3) is 0 Å². The molecule has 3 rings (SSSR count). The standard InChI is InChI=1S/C17H20N5.Ga.H/c1-4-8-15-11-12-22(20-15)17-16(18-13(2)21(17)3)19-14-9-6-5-7-10-14;;/h5-7,9-12H,4,8H2,1-3H3;;/q-1;+1;. The second-order valence-electron chi connectivity index (χ2n) is 5.63. The second kappa shape index (κ2) is 6.68. The fourth-order valence-electron chi connectivity index (χ4n) is 2.62. The number of imidazole rings is 1. The summed E-state index contributed by atoms with van der Waals surface area (Å²) in [5.41, 5.74) is 2.28. The van der Waals surface area contributed by atoms with Crippen LogP contribution in [0.4, 0.5) is 11.5 Å². The van der Waals surface area contributed by atoms with Crippen LogP contribution in [0.25, 0.3) is 5.82 Å². The van der Waals surface area contributed by atoms with Crippen LogP contribution in [0.1, 0.15) is 24.9 Å². The SMILES string of the molecule is CCCc1ccn(-c2c([N]([GaH])c3ccccc3)nc(C)n2C)n1. The van der Waals surface area contributed by atoms with E-state index in [-0.39, 0.29) is 0 Å². The van der Waals surface area contributed by atoms with Crippen LogP contribution in [-0.4, -0.2) is 38.2 Å². The van der Waals surface area contributed by atoms with Crippen molar-refractivity contribution in [1.29, 1.82) is 0 Å². The maximum absolute atomic E-state index is 4.78. The Kier molecular flexibility index (Phi) is 4.63. The van der Waals surface area contributed by atoms with Crippen molar-refractivity contribution in [2.45, 2.75) is 26.7 Å². The molecule has 0 saturated heterocycles. The van der Waals surface area contributed by atoms with E-state index in [1.807, 2.05) is 30.9 Å². The van der Waals surface area contributed by atoms with E-state index in [0.717, 1.165) is 60.5 Å². The third-order valence-electron chi connectivity index (χ3n) is 3.96. The van der Waals surface area contributed by atoms with Crippen molar-refractivity contribution in [3.8, 4) is 5.82 Å². The first-order chi connectivity index (χ1) is 11.1. The predicted molar refractivity (Wildman–Crippen MR) is 94.8 cm³/mol. The fraction of sp³-hybridized carbons (Fsp3) is 0.294. The Morgan fingerprint density at radius 1 is 1.17 bits per heavy atom. The second-order valence-corrected chi connectivity index (χ2v) is 6.96. The number of para-hydroxylation sites is 1. The monoisotopic (exact) mass is 364 g/mol. The summed E-state index contributed by atoms with van der Waals surface area (Å²) in [7, 11) is 2.04. The van der Waals surface area contributed by atoms with Gasteiger partial charge in [0, 0.05) is 0 Å². The van der Waals surface area contributed by atoms with Gasteiger partial charge in [-0.15, -0.1) is 0 Å². The summed E-state index contributed by atoms with van der Waals surface area (Å²) in [6, 6.07) is 12.5. The van der Waals surface area contributed by atoms with Crippen molar-refractivity contribution >= 4 is 30.3 Å². The number of anilines is 2. The molecule has 0 saturated carbocycles. The van der Waals surface area contributed by atoms with Crippen molar-refractivity contribution < 1.29 is 0 Å². The zero-order chi connectivity index (χ0) is 16.4. The van der Waals surface area contributed by atoms with E-state index in [9.17, 15) is 0 Å². The third kappa shape index (κ3) is 3.09. The average Bonchev–Trinajstić information content (AvgIpc) is 3.13. The van der Waals surface area contributed by atoms with E-state index < -0.39 is 0 Å². The fourth-order valence-corrected chi connectivity index (χ4v) is 3.51. The molecule has 0 unspecified atom stereocenters. The van der Waals surface area contributed by atoms with Crippen molar-refractivity contribution in [1.82, 2.24) is 19.3 Å². The minimum atomic E-state index is 0.961. The Labute approximate surface area is 147 Å². The van der Waals surface area contributed by atoms with E-state index in [2.05, 4.69) is 45.4 Å². The van der Waals surface area contributed by atoms with Crippen LogP contribution < -0.4 is 3.61 Å². The molecule has 0 aliphatic carbocycles. The molecule has 6 heteroatoms. The Morgan fingerprint density at radius 2 is 1.91 bits per heavy atom. The molecule has 0 aliphatic heterocycles. The molecule has 0 spiro atoms. The van der Waals surface area contributed by atoms with Crippen LogP contribution in [0.2, 0.25) is 0 Å². The molecule has 0 bridgehead atoms. The van der Waals surface area contributed by atoms with Crippen molar-refractivity contribution in [3.63, 3.8) is 0 Å². The van der Waals surface area contributed by atoms with Gasteiger partial charge in [-0.1, -0.05) is 0 Å². The molecule has 0 aliphatic rings. The van der Waals surface area contributed by atoms with Gasteiger partial charge in [0.05, 0.1) is 0 Å². The van der Waals surface area contributed by atoms with Crippen molar-refractivity contribution in [2.75, 3.05) is 3.61 Å². The van der Waals surface area contributed by atoms with Gasteiger partial charge in [-0.2, -0.15) is 0 Å². The van der Waals surface area contributed by atoms with Crippen molar-refractivity contribution in [2.24, 2.45) is 7.05 Å². The van der Waals surface area contributed by atoms with Crippen LogP contribution in [0.5, 0.6) is 0 Å². The van der Waals surface area contributed by atoms with E-state index in [1.165, 1.54) is 0 Å². The Morgan fingerprint density at radius 3 is 2.61 bits per heavy atom. The molecule has 117 valence electrons. The maximum atomic E-state index is 4.78. The van der Waals surface area contributed by atoms with Crippen LogP contribution in [0.3, 0.4) is 0 Å². The summed E-state index contributed by atoms with van der Waals surface area (Å²) in [5.74, 6) is 2.96. The normalized spacial score (nSPS) is 10.9.